The Morgan fingerprint density at radius 2 is 1.80 bits per heavy atom. The van der Waals surface area contributed by atoms with Crippen LogP contribution in [-0.2, 0) is 9.59 Å². The number of amides is 2. The molecule has 0 aliphatic heterocycles. The Balaban J connectivity index is 1.76. The molecule has 6 nitrogen and oxygen atoms in total. The molecule has 1 aromatic carbocycles. The lowest BCUT2D eigenvalue weighted by Gasteiger charge is -2.28. The lowest BCUT2D eigenvalue weighted by atomic mass is 9.93. The topological polar surface area (TPSA) is 70.7 Å². The predicted octanol–water partition coefficient (Wildman–Crippen LogP) is 2.12. The van der Waals surface area contributed by atoms with Crippen LogP contribution in [-0.4, -0.2) is 50.5 Å². The third kappa shape index (κ3) is 7.13. The molecule has 138 valence electrons. The molecule has 1 aliphatic carbocycles. The number of hydrogen-bond donors (Lipinski definition) is 2. The standard InChI is InChI=1S/C19H29N3O3/c1-19(2,13-22(3)4)12-20-17(23)18(24)21-15-7-9-16(10-8-15)25-11-14-5-6-14/h7-10,14H,5-6,11-13H2,1-4H3,(H,20,23)(H,21,24). The molecular weight excluding hydrogens is 318 g/mol. The first-order valence-electron chi connectivity index (χ1n) is 8.72. The molecule has 2 N–H and O–H groups in total. The van der Waals surface area contributed by atoms with E-state index in [9.17, 15) is 9.59 Å². The van der Waals surface area contributed by atoms with Gasteiger partial charge in [0, 0.05) is 18.8 Å². The molecule has 0 aromatic heterocycles. The summed E-state index contributed by atoms with van der Waals surface area (Å²) in [6.07, 6.45) is 2.49. The zero-order valence-electron chi connectivity index (χ0n) is 15.6. The van der Waals surface area contributed by atoms with Gasteiger partial charge in [0.25, 0.3) is 0 Å². The van der Waals surface area contributed by atoms with E-state index in [2.05, 4.69) is 15.5 Å². The molecule has 0 heterocycles. The normalized spacial score (nSPS) is 14.3. The average molecular weight is 347 g/mol. The van der Waals surface area contributed by atoms with Gasteiger partial charge in [-0.05, 0) is 62.5 Å². The second-order valence-electron chi connectivity index (χ2n) is 7.82. The van der Waals surface area contributed by atoms with Crippen LogP contribution in [0.4, 0.5) is 5.69 Å². The Morgan fingerprint density at radius 3 is 2.36 bits per heavy atom. The Bertz CT molecular complexity index is 592. The van der Waals surface area contributed by atoms with Crippen molar-refractivity contribution >= 4 is 17.5 Å². The van der Waals surface area contributed by atoms with Gasteiger partial charge in [-0.1, -0.05) is 13.8 Å². The molecule has 0 radical (unpaired) electrons. The molecule has 1 aliphatic rings. The number of carbonyl (C=O) groups excluding carboxylic acids is 2. The minimum Gasteiger partial charge on any atom is -0.493 e. The van der Waals surface area contributed by atoms with E-state index >= 15 is 0 Å². The van der Waals surface area contributed by atoms with Gasteiger partial charge in [-0.15, -0.1) is 0 Å². The zero-order chi connectivity index (χ0) is 18.4. The van der Waals surface area contributed by atoms with Crippen LogP contribution in [0.5, 0.6) is 5.75 Å². The number of nitrogens with one attached hydrogen (secondary N) is 2. The summed E-state index contributed by atoms with van der Waals surface area (Å²) in [5, 5.41) is 5.30. The van der Waals surface area contributed by atoms with Gasteiger partial charge < -0.3 is 20.3 Å². The average Bonchev–Trinajstić information content (AvgIpc) is 3.35. The quantitative estimate of drug-likeness (QED) is 0.707. The minimum atomic E-state index is -0.660. The van der Waals surface area contributed by atoms with Crippen LogP contribution in [0.25, 0.3) is 0 Å². The van der Waals surface area contributed by atoms with Crippen molar-refractivity contribution in [1.82, 2.24) is 10.2 Å². The minimum absolute atomic E-state index is 0.111. The molecule has 1 saturated carbocycles. The molecule has 2 rings (SSSR count). The van der Waals surface area contributed by atoms with Gasteiger partial charge in [-0.25, -0.2) is 0 Å². The van der Waals surface area contributed by atoms with Crippen LogP contribution in [0.15, 0.2) is 24.3 Å². The fourth-order valence-electron chi connectivity index (χ4n) is 2.63. The van der Waals surface area contributed by atoms with Crippen LogP contribution in [0, 0.1) is 11.3 Å². The van der Waals surface area contributed by atoms with Crippen molar-refractivity contribution in [2.24, 2.45) is 11.3 Å². The summed E-state index contributed by atoms with van der Waals surface area (Å²) in [5.74, 6) is 0.188. The highest BCUT2D eigenvalue weighted by molar-refractivity contribution is 6.39. The monoisotopic (exact) mass is 347 g/mol. The van der Waals surface area contributed by atoms with E-state index < -0.39 is 11.8 Å². The van der Waals surface area contributed by atoms with Crippen molar-refractivity contribution in [3.63, 3.8) is 0 Å². The number of carbonyl (C=O) groups is 2. The fourth-order valence-corrected chi connectivity index (χ4v) is 2.63. The van der Waals surface area contributed by atoms with E-state index in [1.807, 2.05) is 27.9 Å². The van der Waals surface area contributed by atoms with E-state index in [1.54, 1.807) is 24.3 Å². The summed E-state index contributed by atoms with van der Waals surface area (Å²) in [5.41, 5.74) is 0.464. The summed E-state index contributed by atoms with van der Waals surface area (Å²) in [4.78, 5) is 26.0. The zero-order valence-corrected chi connectivity index (χ0v) is 15.6. The summed E-state index contributed by atoms with van der Waals surface area (Å²) >= 11 is 0. The molecule has 0 spiro atoms. The third-order valence-electron chi connectivity index (χ3n) is 3.97. The van der Waals surface area contributed by atoms with Crippen molar-refractivity contribution in [3.05, 3.63) is 24.3 Å². The van der Waals surface area contributed by atoms with Crippen molar-refractivity contribution in [2.45, 2.75) is 26.7 Å². The molecule has 0 saturated heterocycles. The van der Waals surface area contributed by atoms with Gasteiger partial charge in [-0.2, -0.15) is 0 Å². The molecule has 1 aromatic rings. The Kier molecular flexibility index (Phi) is 6.42. The first-order valence-corrected chi connectivity index (χ1v) is 8.72. The molecular formula is C19H29N3O3. The highest BCUT2D eigenvalue weighted by Crippen LogP contribution is 2.29. The van der Waals surface area contributed by atoms with Crippen LogP contribution >= 0.6 is 0 Å². The maximum Gasteiger partial charge on any atom is 0.313 e. The molecule has 2 amide bonds. The molecule has 0 atom stereocenters. The lowest BCUT2D eigenvalue weighted by molar-refractivity contribution is -0.136. The molecule has 0 unspecified atom stereocenters. The number of ether oxygens (including phenoxy) is 1. The Labute approximate surface area is 149 Å². The van der Waals surface area contributed by atoms with Crippen LogP contribution in [0.2, 0.25) is 0 Å². The number of benzene rings is 1. The highest BCUT2D eigenvalue weighted by atomic mass is 16.5. The Morgan fingerprint density at radius 1 is 1.16 bits per heavy atom. The van der Waals surface area contributed by atoms with E-state index in [0.29, 0.717) is 18.2 Å². The number of hydrogen-bond acceptors (Lipinski definition) is 4. The van der Waals surface area contributed by atoms with Gasteiger partial charge in [0.1, 0.15) is 5.75 Å². The fraction of sp³-hybridized carbons (Fsp3) is 0.579. The number of rotatable bonds is 8. The van der Waals surface area contributed by atoms with E-state index in [0.717, 1.165) is 18.9 Å². The van der Waals surface area contributed by atoms with Crippen molar-refractivity contribution in [1.29, 1.82) is 0 Å². The van der Waals surface area contributed by atoms with E-state index in [4.69, 9.17) is 4.74 Å². The molecule has 6 heteroatoms. The second kappa shape index (κ2) is 8.34. The van der Waals surface area contributed by atoms with Gasteiger partial charge in [0.2, 0.25) is 0 Å². The molecule has 1 fully saturated rings. The molecule has 0 bridgehead atoms. The lowest BCUT2D eigenvalue weighted by Crippen LogP contribution is -2.43. The first-order chi connectivity index (χ1) is 11.7. The van der Waals surface area contributed by atoms with Crippen molar-refractivity contribution in [3.8, 4) is 5.75 Å². The van der Waals surface area contributed by atoms with Gasteiger partial charge in [-0.3, -0.25) is 9.59 Å². The van der Waals surface area contributed by atoms with Crippen LogP contribution < -0.4 is 15.4 Å². The summed E-state index contributed by atoms with van der Waals surface area (Å²) in [6, 6.07) is 7.08. The van der Waals surface area contributed by atoms with Gasteiger partial charge >= 0.3 is 11.8 Å². The summed E-state index contributed by atoms with van der Waals surface area (Å²) < 4.78 is 5.65. The third-order valence-corrected chi connectivity index (χ3v) is 3.97. The van der Waals surface area contributed by atoms with Crippen molar-refractivity contribution < 1.29 is 14.3 Å². The highest BCUT2D eigenvalue weighted by Gasteiger charge is 2.23. The maximum atomic E-state index is 12.0. The second-order valence-corrected chi connectivity index (χ2v) is 7.82. The van der Waals surface area contributed by atoms with Crippen LogP contribution in [0.3, 0.4) is 0 Å². The smallest absolute Gasteiger partial charge is 0.313 e. The number of anilines is 1. The van der Waals surface area contributed by atoms with Crippen molar-refractivity contribution in [2.75, 3.05) is 39.1 Å². The SMILES string of the molecule is CN(C)CC(C)(C)CNC(=O)C(=O)Nc1ccc(OCC2CC2)cc1. The van der Waals surface area contributed by atoms with Crippen LogP contribution in [0.1, 0.15) is 26.7 Å². The number of nitrogens with zero attached hydrogens (tertiary/aromatic N) is 1. The van der Waals surface area contributed by atoms with E-state index in [1.165, 1.54) is 12.8 Å². The largest absolute Gasteiger partial charge is 0.493 e. The maximum absolute atomic E-state index is 12.0. The molecule has 25 heavy (non-hydrogen) atoms. The first kappa shape index (κ1) is 19.2. The predicted molar refractivity (Wildman–Crippen MR) is 98.6 cm³/mol. The summed E-state index contributed by atoms with van der Waals surface area (Å²) in [6.45, 7) is 6.09. The van der Waals surface area contributed by atoms with Gasteiger partial charge in [0.05, 0.1) is 6.61 Å². The van der Waals surface area contributed by atoms with E-state index in [-0.39, 0.29) is 5.41 Å². The Hall–Kier alpha value is -2.08. The summed E-state index contributed by atoms with van der Waals surface area (Å²) in [7, 11) is 3.96. The van der Waals surface area contributed by atoms with Gasteiger partial charge in [0.15, 0.2) is 0 Å².